The van der Waals surface area contributed by atoms with E-state index in [-0.39, 0.29) is 19.0 Å². The summed E-state index contributed by atoms with van der Waals surface area (Å²) in [6.07, 6.45) is -0.601. The quantitative estimate of drug-likeness (QED) is 0.765. The van der Waals surface area contributed by atoms with Gasteiger partial charge in [-0.15, -0.1) is 0 Å². The van der Waals surface area contributed by atoms with Crippen LogP contribution in [0.1, 0.15) is 5.56 Å². The maximum Gasteiger partial charge on any atom is 0.128 e. The molecule has 5 nitrogen and oxygen atoms in total. The summed E-state index contributed by atoms with van der Waals surface area (Å²) < 4.78 is 18.7. The van der Waals surface area contributed by atoms with Crippen molar-refractivity contribution in [3.05, 3.63) is 35.6 Å². The number of benzene rings is 1. The highest BCUT2D eigenvalue weighted by Crippen LogP contribution is 2.07. The van der Waals surface area contributed by atoms with Crippen LogP contribution in [-0.4, -0.2) is 67.5 Å². The highest BCUT2D eigenvalue weighted by atomic mass is 19.1. The van der Waals surface area contributed by atoms with Crippen molar-refractivity contribution in [1.82, 2.24) is 15.3 Å². The van der Waals surface area contributed by atoms with Gasteiger partial charge in [0.05, 0.1) is 19.3 Å². The number of nitrogens with one attached hydrogen (secondary N) is 1. The van der Waals surface area contributed by atoms with Gasteiger partial charge in [-0.25, -0.2) is 9.40 Å². The van der Waals surface area contributed by atoms with Crippen LogP contribution in [0.5, 0.6) is 0 Å². The van der Waals surface area contributed by atoms with Crippen molar-refractivity contribution in [1.29, 1.82) is 0 Å². The topological polar surface area (TPSA) is 48.0 Å². The van der Waals surface area contributed by atoms with Gasteiger partial charge in [0, 0.05) is 38.3 Å². The van der Waals surface area contributed by atoms with E-state index in [1.807, 2.05) is 0 Å². The second-order valence-electron chi connectivity index (χ2n) is 5.41. The molecule has 1 saturated heterocycles. The molecule has 1 fully saturated rings. The van der Waals surface area contributed by atoms with Crippen LogP contribution >= 0.6 is 0 Å². The Balaban J connectivity index is 1.59. The van der Waals surface area contributed by atoms with Gasteiger partial charge < -0.3 is 14.7 Å². The Kier molecular flexibility index (Phi) is 6.53. The molecule has 1 heterocycles. The first-order chi connectivity index (χ1) is 10.1. The molecule has 118 valence electrons. The largest absolute Gasteiger partial charge is 0.389 e. The van der Waals surface area contributed by atoms with Gasteiger partial charge >= 0.3 is 0 Å². The molecule has 1 aromatic rings. The predicted molar refractivity (Wildman–Crippen MR) is 79.1 cm³/mol. The number of piperazine rings is 1. The number of hydrogen-bond acceptors (Lipinski definition) is 5. The van der Waals surface area contributed by atoms with Gasteiger partial charge in [0.15, 0.2) is 0 Å². The van der Waals surface area contributed by atoms with E-state index in [9.17, 15) is 9.50 Å². The zero-order valence-corrected chi connectivity index (χ0v) is 12.5. The SMILES string of the molecule is CN1CCN(NCC(O)COCc2ccccc2F)CC1. The van der Waals surface area contributed by atoms with E-state index in [1.54, 1.807) is 18.2 Å². The zero-order valence-electron chi connectivity index (χ0n) is 12.5. The van der Waals surface area contributed by atoms with Crippen molar-refractivity contribution in [2.75, 3.05) is 46.4 Å². The number of ether oxygens (including phenoxy) is 1. The molecule has 2 N–H and O–H groups in total. The first-order valence-electron chi connectivity index (χ1n) is 7.31. The molecule has 0 amide bonds. The van der Waals surface area contributed by atoms with Crippen LogP contribution < -0.4 is 5.43 Å². The molecule has 0 spiro atoms. The van der Waals surface area contributed by atoms with Crippen molar-refractivity contribution in [2.45, 2.75) is 12.7 Å². The van der Waals surface area contributed by atoms with E-state index < -0.39 is 6.10 Å². The van der Waals surface area contributed by atoms with E-state index in [0.29, 0.717) is 12.1 Å². The lowest BCUT2D eigenvalue weighted by Crippen LogP contribution is -2.52. The summed E-state index contributed by atoms with van der Waals surface area (Å²) in [7, 11) is 2.10. The van der Waals surface area contributed by atoms with Crippen LogP contribution in [0.25, 0.3) is 0 Å². The van der Waals surface area contributed by atoms with E-state index in [2.05, 4.69) is 22.4 Å². The standard InChI is InChI=1S/C15H24FN3O2/c1-18-6-8-19(9-7-18)17-10-14(20)12-21-11-13-4-2-3-5-15(13)16/h2-5,14,17,20H,6-12H2,1H3. The van der Waals surface area contributed by atoms with Crippen molar-refractivity contribution in [3.63, 3.8) is 0 Å². The Morgan fingerprint density at radius 3 is 2.71 bits per heavy atom. The summed E-state index contributed by atoms with van der Waals surface area (Å²) in [6.45, 7) is 4.74. The molecular weight excluding hydrogens is 273 g/mol. The van der Waals surface area contributed by atoms with Crippen LogP contribution in [0.4, 0.5) is 4.39 Å². The Morgan fingerprint density at radius 2 is 2.00 bits per heavy atom. The average molecular weight is 297 g/mol. The van der Waals surface area contributed by atoms with Crippen molar-refractivity contribution >= 4 is 0 Å². The van der Waals surface area contributed by atoms with Gasteiger partial charge in [-0.05, 0) is 13.1 Å². The van der Waals surface area contributed by atoms with Gasteiger partial charge in [0.25, 0.3) is 0 Å². The number of aliphatic hydroxyl groups is 1. The molecule has 0 radical (unpaired) electrons. The molecular formula is C15H24FN3O2. The van der Waals surface area contributed by atoms with Crippen molar-refractivity contribution < 1.29 is 14.2 Å². The van der Waals surface area contributed by atoms with Crippen LogP contribution in [0.3, 0.4) is 0 Å². The number of nitrogens with zero attached hydrogens (tertiary/aromatic N) is 2. The first kappa shape index (κ1) is 16.3. The Morgan fingerprint density at radius 1 is 1.29 bits per heavy atom. The molecule has 0 bridgehead atoms. The number of likely N-dealkylation sites (N-methyl/N-ethyl adjacent to an activating group) is 1. The number of rotatable bonds is 7. The monoisotopic (exact) mass is 297 g/mol. The van der Waals surface area contributed by atoms with E-state index in [4.69, 9.17) is 4.74 Å². The lowest BCUT2D eigenvalue weighted by atomic mass is 10.2. The summed E-state index contributed by atoms with van der Waals surface area (Å²) in [5.74, 6) is -0.275. The van der Waals surface area contributed by atoms with Gasteiger partial charge in [-0.3, -0.25) is 5.43 Å². The highest BCUT2D eigenvalue weighted by Gasteiger charge is 2.14. The molecule has 0 aliphatic carbocycles. The lowest BCUT2D eigenvalue weighted by Gasteiger charge is -2.33. The van der Waals surface area contributed by atoms with Crippen molar-refractivity contribution in [3.8, 4) is 0 Å². The summed E-state index contributed by atoms with van der Waals surface area (Å²) >= 11 is 0. The van der Waals surface area contributed by atoms with Crippen LogP contribution in [0.15, 0.2) is 24.3 Å². The maximum atomic E-state index is 13.4. The molecule has 0 aromatic heterocycles. The number of halogens is 1. The Labute approximate surface area is 125 Å². The molecule has 6 heteroatoms. The highest BCUT2D eigenvalue weighted by molar-refractivity contribution is 5.16. The van der Waals surface area contributed by atoms with Gasteiger partial charge in [-0.2, -0.15) is 0 Å². The third kappa shape index (κ3) is 5.68. The van der Waals surface area contributed by atoms with Crippen LogP contribution in [-0.2, 0) is 11.3 Å². The summed E-state index contributed by atoms with van der Waals surface area (Å²) in [5, 5.41) is 12.0. The molecule has 2 rings (SSSR count). The summed E-state index contributed by atoms with van der Waals surface area (Å²) in [4.78, 5) is 2.27. The fraction of sp³-hybridized carbons (Fsp3) is 0.600. The molecule has 1 aliphatic rings. The third-order valence-electron chi connectivity index (χ3n) is 3.58. The van der Waals surface area contributed by atoms with Crippen LogP contribution in [0, 0.1) is 5.82 Å². The lowest BCUT2D eigenvalue weighted by molar-refractivity contribution is 0.0104. The average Bonchev–Trinajstić information content (AvgIpc) is 2.49. The molecule has 1 aliphatic heterocycles. The second-order valence-corrected chi connectivity index (χ2v) is 5.41. The molecule has 1 atom stereocenters. The zero-order chi connectivity index (χ0) is 15.1. The minimum Gasteiger partial charge on any atom is -0.389 e. The van der Waals surface area contributed by atoms with Crippen LogP contribution in [0.2, 0.25) is 0 Å². The number of aliphatic hydroxyl groups excluding tert-OH is 1. The van der Waals surface area contributed by atoms with Crippen molar-refractivity contribution in [2.24, 2.45) is 0 Å². The minimum absolute atomic E-state index is 0.179. The predicted octanol–water partition coefficient (Wildman–Crippen LogP) is 0.455. The summed E-state index contributed by atoms with van der Waals surface area (Å²) in [5.41, 5.74) is 3.72. The first-order valence-corrected chi connectivity index (χ1v) is 7.31. The Hall–Kier alpha value is -1.05. The fourth-order valence-electron chi connectivity index (χ4n) is 2.18. The normalized spacial score (nSPS) is 18.8. The van der Waals surface area contributed by atoms with E-state index in [1.165, 1.54) is 6.07 Å². The number of hydrazine groups is 1. The smallest absolute Gasteiger partial charge is 0.128 e. The second kappa shape index (κ2) is 8.41. The fourth-order valence-corrected chi connectivity index (χ4v) is 2.18. The molecule has 21 heavy (non-hydrogen) atoms. The number of hydrogen-bond donors (Lipinski definition) is 2. The van der Waals surface area contributed by atoms with Gasteiger partial charge in [0.1, 0.15) is 5.82 Å². The van der Waals surface area contributed by atoms with Gasteiger partial charge in [-0.1, -0.05) is 18.2 Å². The molecule has 1 unspecified atom stereocenters. The Bertz CT molecular complexity index is 425. The summed E-state index contributed by atoms with van der Waals surface area (Å²) in [6, 6.07) is 6.51. The van der Waals surface area contributed by atoms with E-state index >= 15 is 0 Å². The third-order valence-corrected chi connectivity index (χ3v) is 3.58. The molecule has 1 aromatic carbocycles. The van der Waals surface area contributed by atoms with E-state index in [0.717, 1.165) is 26.2 Å². The maximum absolute atomic E-state index is 13.4. The van der Waals surface area contributed by atoms with Gasteiger partial charge in [0.2, 0.25) is 0 Å². The molecule has 0 saturated carbocycles. The minimum atomic E-state index is -0.601.